The minimum absolute atomic E-state index is 0. The molecule has 1 aromatic rings. The van der Waals surface area contributed by atoms with Gasteiger partial charge in [0.15, 0.2) is 5.96 Å². The van der Waals surface area contributed by atoms with Gasteiger partial charge in [-0.05, 0) is 25.3 Å². The number of aliphatic imine (C=N–C) groups is 1. The van der Waals surface area contributed by atoms with Crippen LogP contribution in [0.2, 0.25) is 0 Å². The smallest absolute Gasteiger partial charge is 0.241 e. The van der Waals surface area contributed by atoms with E-state index in [-0.39, 0.29) is 36.4 Å². The number of unbranched alkanes of at least 4 members (excludes halogenated alkanes) is 1. The van der Waals surface area contributed by atoms with E-state index in [1.807, 2.05) is 6.07 Å². The van der Waals surface area contributed by atoms with E-state index in [1.54, 1.807) is 19.0 Å². The first-order valence-electron chi connectivity index (χ1n) is 9.36. The van der Waals surface area contributed by atoms with E-state index in [0.29, 0.717) is 18.5 Å². The summed E-state index contributed by atoms with van der Waals surface area (Å²) in [6, 6.07) is 2.59. The van der Waals surface area contributed by atoms with Crippen molar-refractivity contribution in [3.8, 4) is 0 Å². The van der Waals surface area contributed by atoms with Crippen molar-refractivity contribution >= 4 is 35.8 Å². The van der Waals surface area contributed by atoms with Crippen LogP contribution < -0.4 is 10.6 Å². The van der Waals surface area contributed by atoms with Crippen molar-refractivity contribution in [2.45, 2.75) is 58.0 Å². The molecule has 2 N–H and O–H groups in total. The molecule has 1 aliphatic carbocycles. The monoisotopic (exact) mass is 476 g/mol. The molecule has 1 aliphatic rings. The maximum Gasteiger partial charge on any atom is 0.241 e. The van der Waals surface area contributed by atoms with Gasteiger partial charge in [0.1, 0.15) is 0 Å². The van der Waals surface area contributed by atoms with Crippen LogP contribution in [0.25, 0.3) is 0 Å². The number of guanidine groups is 1. The van der Waals surface area contributed by atoms with Crippen molar-refractivity contribution in [1.82, 2.24) is 25.3 Å². The molecule has 7 nitrogen and oxygen atoms in total. The molecular formula is C18H33IN6O. The molecule has 1 aromatic heterocycles. The molecule has 1 fully saturated rings. The minimum Gasteiger partial charge on any atom is -0.356 e. The van der Waals surface area contributed by atoms with Crippen molar-refractivity contribution in [3.63, 3.8) is 0 Å². The fraction of sp³-hybridized carbons (Fsp3) is 0.722. The van der Waals surface area contributed by atoms with Crippen molar-refractivity contribution in [3.05, 3.63) is 18.0 Å². The minimum atomic E-state index is 0. The number of aromatic nitrogens is 2. The van der Waals surface area contributed by atoms with Gasteiger partial charge in [-0.3, -0.25) is 9.48 Å². The quantitative estimate of drug-likeness (QED) is 0.262. The maximum atomic E-state index is 11.8. The van der Waals surface area contributed by atoms with Crippen LogP contribution in [-0.2, 0) is 11.3 Å². The standard InChI is InChI=1S/C18H32N6O.HI/c1-4-5-11-19-18(21-14-17(25)23(2)3)20-13-15-10-12-24(22-15)16-8-6-7-9-16;/h10,12,16H,4-9,11,13-14H2,1-3H3,(H2,19,20,21);1H. The van der Waals surface area contributed by atoms with Gasteiger partial charge in [0.25, 0.3) is 0 Å². The van der Waals surface area contributed by atoms with Crippen LogP contribution in [-0.4, -0.2) is 53.7 Å². The Morgan fingerprint density at radius 1 is 1.35 bits per heavy atom. The van der Waals surface area contributed by atoms with Crippen LogP contribution in [0.4, 0.5) is 0 Å². The number of amides is 1. The van der Waals surface area contributed by atoms with Crippen LogP contribution in [0.5, 0.6) is 0 Å². The lowest BCUT2D eigenvalue weighted by atomic mass is 10.3. The highest BCUT2D eigenvalue weighted by Gasteiger charge is 2.17. The van der Waals surface area contributed by atoms with Gasteiger partial charge < -0.3 is 15.5 Å². The highest BCUT2D eigenvalue weighted by atomic mass is 127. The van der Waals surface area contributed by atoms with Crippen molar-refractivity contribution < 1.29 is 4.79 Å². The van der Waals surface area contributed by atoms with Gasteiger partial charge in [0.2, 0.25) is 5.91 Å². The fourth-order valence-corrected chi connectivity index (χ4v) is 2.87. The predicted molar refractivity (Wildman–Crippen MR) is 116 cm³/mol. The molecule has 0 atom stereocenters. The second-order valence-electron chi connectivity index (χ2n) is 6.81. The average molecular weight is 476 g/mol. The molecule has 0 bridgehead atoms. The first kappa shape index (κ1) is 22.7. The Kier molecular flexibility index (Phi) is 10.6. The number of nitrogens with one attached hydrogen (secondary N) is 2. The number of nitrogens with zero attached hydrogens (tertiary/aromatic N) is 4. The Labute approximate surface area is 174 Å². The third kappa shape index (κ3) is 7.51. The zero-order valence-electron chi connectivity index (χ0n) is 16.2. The number of halogens is 1. The summed E-state index contributed by atoms with van der Waals surface area (Å²) in [7, 11) is 3.50. The summed E-state index contributed by atoms with van der Waals surface area (Å²) >= 11 is 0. The number of hydrogen-bond acceptors (Lipinski definition) is 3. The summed E-state index contributed by atoms with van der Waals surface area (Å²) in [5.41, 5.74) is 0.961. The Morgan fingerprint density at radius 2 is 2.08 bits per heavy atom. The Morgan fingerprint density at radius 3 is 2.73 bits per heavy atom. The van der Waals surface area contributed by atoms with E-state index < -0.39 is 0 Å². The zero-order chi connectivity index (χ0) is 18.1. The molecule has 1 saturated carbocycles. The van der Waals surface area contributed by atoms with Gasteiger partial charge in [-0.2, -0.15) is 5.10 Å². The lowest BCUT2D eigenvalue weighted by molar-refractivity contribution is -0.127. The van der Waals surface area contributed by atoms with Gasteiger partial charge >= 0.3 is 0 Å². The average Bonchev–Trinajstić information content (AvgIpc) is 3.27. The SMILES string of the molecule is CCCCNC(=NCc1ccn(C2CCCC2)n1)NCC(=O)N(C)C.I. The zero-order valence-corrected chi connectivity index (χ0v) is 18.5. The second-order valence-corrected chi connectivity index (χ2v) is 6.81. The summed E-state index contributed by atoms with van der Waals surface area (Å²) in [4.78, 5) is 17.9. The number of rotatable bonds is 8. The van der Waals surface area contributed by atoms with E-state index in [4.69, 9.17) is 0 Å². The second kappa shape index (κ2) is 12.1. The number of carbonyl (C=O) groups is 1. The van der Waals surface area contributed by atoms with Gasteiger partial charge in [-0.25, -0.2) is 4.99 Å². The van der Waals surface area contributed by atoms with Crippen LogP contribution in [0, 0.1) is 0 Å². The topological polar surface area (TPSA) is 74.5 Å². The molecule has 0 aliphatic heterocycles. The van der Waals surface area contributed by atoms with Gasteiger partial charge in [-0.15, -0.1) is 24.0 Å². The summed E-state index contributed by atoms with van der Waals surface area (Å²) in [6.07, 6.45) is 9.29. The van der Waals surface area contributed by atoms with Gasteiger partial charge in [0.05, 0.1) is 24.8 Å². The largest absolute Gasteiger partial charge is 0.356 e. The first-order valence-corrected chi connectivity index (χ1v) is 9.36. The summed E-state index contributed by atoms with van der Waals surface area (Å²) in [5, 5.41) is 11.0. The fourth-order valence-electron chi connectivity index (χ4n) is 2.87. The lowest BCUT2D eigenvalue weighted by Gasteiger charge is -2.14. The molecule has 26 heavy (non-hydrogen) atoms. The third-order valence-corrected chi connectivity index (χ3v) is 4.49. The molecule has 1 amide bonds. The Bertz CT molecular complexity index is 566. The molecule has 0 saturated heterocycles. The van der Waals surface area contributed by atoms with Crippen LogP contribution in [0.1, 0.15) is 57.2 Å². The van der Waals surface area contributed by atoms with Gasteiger partial charge in [0, 0.05) is 26.8 Å². The number of likely N-dealkylation sites (N-methyl/N-ethyl adjacent to an activating group) is 1. The highest BCUT2D eigenvalue weighted by Crippen LogP contribution is 2.28. The maximum absolute atomic E-state index is 11.8. The van der Waals surface area contributed by atoms with E-state index in [0.717, 1.165) is 25.1 Å². The van der Waals surface area contributed by atoms with Crippen molar-refractivity contribution in [2.75, 3.05) is 27.2 Å². The highest BCUT2D eigenvalue weighted by molar-refractivity contribution is 14.0. The molecule has 8 heteroatoms. The van der Waals surface area contributed by atoms with Crippen LogP contribution in [0.15, 0.2) is 17.3 Å². The molecule has 2 rings (SSSR count). The molecule has 0 radical (unpaired) electrons. The van der Waals surface area contributed by atoms with E-state index in [2.05, 4.69) is 38.5 Å². The number of hydrogen-bond donors (Lipinski definition) is 2. The molecule has 148 valence electrons. The van der Waals surface area contributed by atoms with Crippen molar-refractivity contribution in [2.24, 2.45) is 4.99 Å². The summed E-state index contributed by atoms with van der Waals surface area (Å²) in [5.74, 6) is 0.689. The van der Waals surface area contributed by atoms with Crippen LogP contribution >= 0.6 is 24.0 Å². The Balaban J connectivity index is 0.00000338. The Hall–Kier alpha value is -1.32. The van der Waals surface area contributed by atoms with E-state index in [1.165, 1.54) is 25.7 Å². The predicted octanol–water partition coefficient (Wildman–Crippen LogP) is 2.54. The van der Waals surface area contributed by atoms with Crippen LogP contribution in [0.3, 0.4) is 0 Å². The molecule has 0 aromatic carbocycles. The van der Waals surface area contributed by atoms with Crippen molar-refractivity contribution in [1.29, 1.82) is 0 Å². The molecular weight excluding hydrogens is 443 g/mol. The van der Waals surface area contributed by atoms with Gasteiger partial charge in [-0.1, -0.05) is 26.2 Å². The lowest BCUT2D eigenvalue weighted by Crippen LogP contribution is -2.43. The van der Waals surface area contributed by atoms with E-state index in [9.17, 15) is 4.79 Å². The molecule has 1 heterocycles. The summed E-state index contributed by atoms with van der Waals surface area (Å²) < 4.78 is 2.09. The number of carbonyl (C=O) groups excluding carboxylic acids is 1. The van der Waals surface area contributed by atoms with E-state index >= 15 is 0 Å². The molecule has 0 unspecified atom stereocenters. The first-order chi connectivity index (χ1) is 12.1. The molecule has 0 spiro atoms. The third-order valence-electron chi connectivity index (χ3n) is 4.49. The normalized spacial score (nSPS) is 14.8. The summed E-state index contributed by atoms with van der Waals surface area (Å²) in [6.45, 7) is 3.74.